The summed E-state index contributed by atoms with van der Waals surface area (Å²) in [6.45, 7) is 4.03. The molecular formula is C20H22N4O2S2. The van der Waals surface area contributed by atoms with Crippen LogP contribution in [0.1, 0.15) is 20.3 Å². The van der Waals surface area contributed by atoms with Gasteiger partial charge < -0.3 is 15.4 Å². The standard InChI is InChI=1S/C20H22N4O2S2/c1-3-14(2)21-18(25)13-27-20-24-23-19(28-20)22-15-9-11-17(12-10-15)26-16-7-5-4-6-8-16/h4-12,14H,3,13H2,1-2H3,(H,21,25)(H,22,23). The second-order valence-corrected chi connectivity index (χ2v) is 8.30. The van der Waals surface area contributed by atoms with E-state index >= 15 is 0 Å². The third-order valence-electron chi connectivity index (χ3n) is 3.84. The average molecular weight is 415 g/mol. The minimum absolute atomic E-state index is 0.0121. The van der Waals surface area contributed by atoms with E-state index in [2.05, 4.69) is 20.8 Å². The molecule has 2 N–H and O–H groups in total. The fraction of sp³-hybridized carbons (Fsp3) is 0.250. The van der Waals surface area contributed by atoms with Crippen molar-refractivity contribution in [2.24, 2.45) is 0 Å². The molecule has 28 heavy (non-hydrogen) atoms. The molecule has 0 saturated heterocycles. The van der Waals surface area contributed by atoms with E-state index in [0.29, 0.717) is 10.9 Å². The molecule has 1 atom stereocenters. The Morgan fingerprint density at radius 1 is 1.11 bits per heavy atom. The van der Waals surface area contributed by atoms with Crippen LogP contribution in [-0.4, -0.2) is 27.9 Å². The molecule has 0 spiro atoms. The summed E-state index contributed by atoms with van der Waals surface area (Å²) in [6.07, 6.45) is 0.915. The van der Waals surface area contributed by atoms with Crippen molar-refractivity contribution in [2.45, 2.75) is 30.6 Å². The number of aromatic nitrogens is 2. The first kappa shape index (κ1) is 20.2. The van der Waals surface area contributed by atoms with Crippen molar-refractivity contribution in [1.29, 1.82) is 0 Å². The van der Waals surface area contributed by atoms with Gasteiger partial charge in [-0.3, -0.25) is 4.79 Å². The number of hydrogen-bond acceptors (Lipinski definition) is 7. The first-order valence-electron chi connectivity index (χ1n) is 8.98. The molecule has 3 aromatic rings. The zero-order valence-electron chi connectivity index (χ0n) is 15.7. The van der Waals surface area contributed by atoms with Crippen LogP contribution in [0.2, 0.25) is 0 Å². The predicted molar refractivity (Wildman–Crippen MR) is 115 cm³/mol. The van der Waals surface area contributed by atoms with Gasteiger partial charge in [0.1, 0.15) is 11.5 Å². The lowest BCUT2D eigenvalue weighted by Gasteiger charge is -2.10. The highest BCUT2D eigenvalue weighted by atomic mass is 32.2. The third kappa shape index (κ3) is 6.24. The number of carbonyl (C=O) groups is 1. The Kier molecular flexibility index (Phi) is 7.27. The van der Waals surface area contributed by atoms with Crippen LogP contribution in [0, 0.1) is 0 Å². The molecule has 0 aliphatic carbocycles. The summed E-state index contributed by atoms with van der Waals surface area (Å²) >= 11 is 2.81. The van der Waals surface area contributed by atoms with Gasteiger partial charge >= 0.3 is 0 Å². The molecule has 1 unspecified atom stereocenters. The van der Waals surface area contributed by atoms with Gasteiger partial charge in [-0.1, -0.05) is 48.2 Å². The lowest BCUT2D eigenvalue weighted by atomic mass is 10.3. The molecule has 0 saturated carbocycles. The first-order valence-corrected chi connectivity index (χ1v) is 10.8. The number of rotatable bonds is 9. The molecule has 1 amide bonds. The summed E-state index contributed by atoms with van der Waals surface area (Å²) in [5.74, 6) is 1.91. The van der Waals surface area contributed by atoms with E-state index < -0.39 is 0 Å². The molecule has 146 valence electrons. The summed E-state index contributed by atoms with van der Waals surface area (Å²) in [5, 5.41) is 15.1. The van der Waals surface area contributed by atoms with Crippen LogP contribution < -0.4 is 15.4 Å². The molecule has 0 aliphatic rings. The second kappa shape index (κ2) is 10.1. The van der Waals surface area contributed by atoms with Crippen molar-refractivity contribution in [2.75, 3.05) is 11.1 Å². The molecule has 6 nitrogen and oxygen atoms in total. The van der Waals surface area contributed by atoms with Crippen LogP contribution in [0.15, 0.2) is 58.9 Å². The van der Waals surface area contributed by atoms with Crippen molar-refractivity contribution in [3.8, 4) is 11.5 Å². The Morgan fingerprint density at radius 3 is 2.54 bits per heavy atom. The predicted octanol–water partition coefficient (Wildman–Crippen LogP) is 5.08. The maximum absolute atomic E-state index is 11.8. The highest BCUT2D eigenvalue weighted by Crippen LogP contribution is 2.29. The van der Waals surface area contributed by atoms with Gasteiger partial charge in [0.15, 0.2) is 4.34 Å². The van der Waals surface area contributed by atoms with E-state index in [1.165, 1.54) is 23.1 Å². The number of nitrogens with zero attached hydrogens (tertiary/aromatic N) is 2. The van der Waals surface area contributed by atoms with Gasteiger partial charge in [-0.15, -0.1) is 10.2 Å². The maximum Gasteiger partial charge on any atom is 0.230 e. The van der Waals surface area contributed by atoms with Gasteiger partial charge in [0, 0.05) is 11.7 Å². The highest BCUT2D eigenvalue weighted by molar-refractivity contribution is 8.01. The maximum atomic E-state index is 11.8. The number of nitrogens with one attached hydrogen (secondary N) is 2. The lowest BCUT2D eigenvalue weighted by Crippen LogP contribution is -2.33. The summed E-state index contributed by atoms with van der Waals surface area (Å²) in [4.78, 5) is 11.8. The molecule has 0 radical (unpaired) electrons. The van der Waals surface area contributed by atoms with Crippen molar-refractivity contribution >= 4 is 39.8 Å². The molecule has 0 fully saturated rings. The largest absolute Gasteiger partial charge is 0.457 e. The Morgan fingerprint density at radius 2 is 1.82 bits per heavy atom. The number of carbonyl (C=O) groups excluding carboxylic acids is 1. The van der Waals surface area contributed by atoms with Crippen molar-refractivity contribution < 1.29 is 9.53 Å². The molecule has 8 heteroatoms. The van der Waals surface area contributed by atoms with E-state index in [0.717, 1.165) is 27.9 Å². The van der Waals surface area contributed by atoms with Gasteiger partial charge in [-0.2, -0.15) is 0 Å². The number of hydrogen-bond donors (Lipinski definition) is 2. The van der Waals surface area contributed by atoms with Gasteiger partial charge in [-0.25, -0.2) is 0 Å². The zero-order valence-corrected chi connectivity index (χ0v) is 17.3. The van der Waals surface area contributed by atoms with E-state index in [1.54, 1.807) is 0 Å². The minimum atomic E-state index is 0.0121. The van der Waals surface area contributed by atoms with Crippen molar-refractivity contribution in [3.05, 3.63) is 54.6 Å². The Labute approximate surface area is 172 Å². The number of benzene rings is 2. The number of anilines is 2. The SMILES string of the molecule is CCC(C)NC(=O)CSc1nnc(Nc2ccc(Oc3ccccc3)cc2)s1. The fourth-order valence-electron chi connectivity index (χ4n) is 2.22. The molecule has 2 aromatic carbocycles. The molecule has 0 aliphatic heterocycles. The average Bonchev–Trinajstić information content (AvgIpc) is 3.16. The van der Waals surface area contributed by atoms with E-state index in [1.807, 2.05) is 68.4 Å². The number of amides is 1. The molecule has 3 rings (SSSR count). The van der Waals surface area contributed by atoms with Crippen LogP contribution in [-0.2, 0) is 4.79 Å². The van der Waals surface area contributed by atoms with Gasteiger partial charge in [0.05, 0.1) is 5.75 Å². The Bertz CT molecular complexity index is 885. The summed E-state index contributed by atoms with van der Waals surface area (Å²) in [7, 11) is 0. The van der Waals surface area contributed by atoms with Crippen LogP contribution in [0.4, 0.5) is 10.8 Å². The monoisotopic (exact) mass is 414 g/mol. The molecule has 1 aromatic heterocycles. The Hall–Kier alpha value is -2.58. The van der Waals surface area contributed by atoms with Gasteiger partial charge in [0.25, 0.3) is 0 Å². The van der Waals surface area contributed by atoms with E-state index in [-0.39, 0.29) is 11.9 Å². The Balaban J connectivity index is 1.50. The van der Waals surface area contributed by atoms with Crippen LogP contribution >= 0.6 is 23.1 Å². The summed E-state index contributed by atoms with van der Waals surface area (Å²) in [6, 6.07) is 17.5. The normalized spacial score (nSPS) is 11.6. The van der Waals surface area contributed by atoms with Crippen LogP contribution in [0.25, 0.3) is 0 Å². The summed E-state index contributed by atoms with van der Waals surface area (Å²) in [5.41, 5.74) is 0.891. The molecular weight excluding hydrogens is 392 g/mol. The number of ether oxygens (including phenoxy) is 1. The lowest BCUT2D eigenvalue weighted by molar-refractivity contribution is -0.119. The minimum Gasteiger partial charge on any atom is -0.457 e. The number of para-hydroxylation sites is 1. The topological polar surface area (TPSA) is 76.1 Å². The van der Waals surface area contributed by atoms with Gasteiger partial charge in [0.2, 0.25) is 11.0 Å². The van der Waals surface area contributed by atoms with Crippen molar-refractivity contribution in [3.63, 3.8) is 0 Å². The third-order valence-corrected chi connectivity index (χ3v) is 5.81. The zero-order chi connectivity index (χ0) is 19.8. The second-order valence-electron chi connectivity index (χ2n) is 6.10. The van der Waals surface area contributed by atoms with Gasteiger partial charge in [-0.05, 0) is 49.7 Å². The smallest absolute Gasteiger partial charge is 0.230 e. The summed E-state index contributed by atoms with van der Waals surface area (Å²) < 4.78 is 6.54. The molecule has 0 bridgehead atoms. The van der Waals surface area contributed by atoms with E-state index in [9.17, 15) is 4.79 Å². The van der Waals surface area contributed by atoms with Crippen LogP contribution in [0.5, 0.6) is 11.5 Å². The highest BCUT2D eigenvalue weighted by Gasteiger charge is 2.10. The number of thioether (sulfide) groups is 1. The molecule has 1 heterocycles. The van der Waals surface area contributed by atoms with Crippen molar-refractivity contribution in [1.82, 2.24) is 15.5 Å². The first-order chi connectivity index (χ1) is 13.6. The van der Waals surface area contributed by atoms with Crippen LogP contribution in [0.3, 0.4) is 0 Å². The van der Waals surface area contributed by atoms with E-state index in [4.69, 9.17) is 4.74 Å². The quantitative estimate of drug-likeness (QED) is 0.476. The fourth-order valence-corrected chi connectivity index (χ4v) is 3.80.